The van der Waals surface area contributed by atoms with Gasteiger partial charge >= 0.3 is 0 Å². The molecule has 0 bridgehead atoms. The van der Waals surface area contributed by atoms with Crippen LogP contribution >= 0.6 is 0 Å². The number of aromatic nitrogens is 2. The highest BCUT2D eigenvalue weighted by Crippen LogP contribution is 2.31. The number of rotatable bonds is 2. The minimum absolute atomic E-state index is 0.342. The van der Waals surface area contributed by atoms with Gasteiger partial charge in [0, 0.05) is 12.0 Å². The van der Waals surface area contributed by atoms with Crippen molar-refractivity contribution in [1.82, 2.24) is 9.97 Å². The Kier molecular flexibility index (Phi) is 3.15. The molecule has 94 valence electrons. The van der Waals surface area contributed by atoms with Gasteiger partial charge in [-0.05, 0) is 24.8 Å². The Bertz CT molecular complexity index is 503. The van der Waals surface area contributed by atoms with E-state index in [0.717, 1.165) is 24.4 Å². The van der Waals surface area contributed by atoms with Gasteiger partial charge in [-0.25, -0.2) is 4.98 Å². The fourth-order valence-electron chi connectivity index (χ4n) is 2.78. The summed E-state index contributed by atoms with van der Waals surface area (Å²) in [4.78, 5) is 7.99. The molecule has 2 atom stereocenters. The van der Waals surface area contributed by atoms with Crippen LogP contribution in [0.15, 0.2) is 36.5 Å². The van der Waals surface area contributed by atoms with Gasteiger partial charge in [0.1, 0.15) is 5.82 Å². The number of H-pyrrole nitrogens is 1. The van der Waals surface area contributed by atoms with Crippen molar-refractivity contribution in [3.8, 4) is 11.3 Å². The zero-order valence-corrected chi connectivity index (χ0v) is 10.5. The molecule has 0 radical (unpaired) electrons. The second kappa shape index (κ2) is 4.94. The molecule has 0 aliphatic heterocycles. The molecule has 1 aromatic carbocycles. The van der Waals surface area contributed by atoms with Crippen LogP contribution in [0.5, 0.6) is 0 Å². The molecular weight excluding hydrogens is 222 g/mol. The lowest BCUT2D eigenvalue weighted by atomic mass is 9.86. The maximum Gasteiger partial charge on any atom is 0.109 e. The predicted molar refractivity (Wildman–Crippen MR) is 73.2 cm³/mol. The van der Waals surface area contributed by atoms with Crippen LogP contribution in [0.1, 0.15) is 37.4 Å². The lowest BCUT2D eigenvalue weighted by molar-refractivity contribution is 0.383. The van der Waals surface area contributed by atoms with E-state index in [4.69, 9.17) is 5.73 Å². The largest absolute Gasteiger partial charge is 0.342 e. The molecule has 3 rings (SSSR count). The number of hydrogen-bond acceptors (Lipinski definition) is 2. The number of nitrogens with one attached hydrogen (secondary N) is 1. The highest BCUT2D eigenvalue weighted by molar-refractivity contribution is 5.58. The van der Waals surface area contributed by atoms with Gasteiger partial charge in [-0.1, -0.05) is 36.8 Å². The summed E-state index contributed by atoms with van der Waals surface area (Å²) in [6.45, 7) is 0. The molecule has 0 spiro atoms. The van der Waals surface area contributed by atoms with Crippen molar-refractivity contribution in [3.05, 3.63) is 42.4 Å². The summed E-state index contributed by atoms with van der Waals surface area (Å²) in [5, 5.41) is 0. The van der Waals surface area contributed by atoms with Crippen LogP contribution in [-0.4, -0.2) is 16.0 Å². The van der Waals surface area contributed by atoms with Crippen molar-refractivity contribution in [2.45, 2.75) is 37.6 Å². The third kappa shape index (κ3) is 2.31. The number of nitrogens with two attached hydrogens (primary N) is 1. The van der Waals surface area contributed by atoms with Gasteiger partial charge in [-0.15, -0.1) is 0 Å². The molecule has 18 heavy (non-hydrogen) atoms. The molecule has 3 N–H and O–H groups in total. The summed E-state index contributed by atoms with van der Waals surface area (Å²) in [5.74, 6) is 1.61. The summed E-state index contributed by atoms with van der Waals surface area (Å²) >= 11 is 0. The molecule has 1 fully saturated rings. The van der Waals surface area contributed by atoms with Crippen LogP contribution in [0.25, 0.3) is 11.3 Å². The van der Waals surface area contributed by atoms with Gasteiger partial charge in [0.2, 0.25) is 0 Å². The van der Waals surface area contributed by atoms with Gasteiger partial charge in [0.15, 0.2) is 0 Å². The Labute approximate surface area is 107 Å². The van der Waals surface area contributed by atoms with Crippen molar-refractivity contribution in [2.24, 2.45) is 5.73 Å². The first-order valence-corrected chi connectivity index (χ1v) is 6.69. The minimum atomic E-state index is 0.342. The number of imidazole rings is 1. The number of hydrogen-bond donors (Lipinski definition) is 2. The van der Waals surface area contributed by atoms with E-state index in [0.29, 0.717) is 12.0 Å². The Morgan fingerprint density at radius 2 is 2.00 bits per heavy atom. The molecule has 0 amide bonds. The predicted octanol–water partition coefficient (Wildman–Crippen LogP) is 3.06. The van der Waals surface area contributed by atoms with Crippen LogP contribution in [0.2, 0.25) is 0 Å². The first-order valence-electron chi connectivity index (χ1n) is 6.69. The molecule has 1 saturated carbocycles. The first-order chi connectivity index (χ1) is 8.83. The van der Waals surface area contributed by atoms with E-state index in [9.17, 15) is 0 Å². The molecule has 1 aliphatic carbocycles. The van der Waals surface area contributed by atoms with Gasteiger partial charge in [0.05, 0.1) is 11.9 Å². The molecule has 1 aromatic heterocycles. The van der Waals surface area contributed by atoms with Crippen molar-refractivity contribution >= 4 is 0 Å². The third-order valence-electron chi connectivity index (χ3n) is 3.78. The van der Waals surface area contributed by atoms with Crippen LogP contribution in [0.3, 0.4) is 0 Å². The molecule has 3 nitrogen and oxygen atoms in total. The number of aromatic amines is 1. The van der Waals surface area contributed by atoms with E-state index >= 15 is 0 Å². The fraction of sp³-hybridized carbons (Fsp3) is 0.400. The Hall–Kier alpha value is -1.61. The topological polar surface area (TPSA) is 54.7 Å². The van der Waals surface area contributed by atoms with Crippen LogP contribution in [0, 0.1) is 0 Å². The second-order valence-corrected chi connectivity index (χ2v) is 5.17. The van der Waals surface area contributed by atoms with E-state index in [2.05, 4.69) is 22.1 Å². The highest BCUT2D eigenvalue weighted by atomic mass is 14.9. The van der Waals surface area contributed by atoms with Crippen molar-refractivity contribution < 1.29 is 0 Å². The van der Waals surface area contributed by atoms with Gasteiger partial charge in [-0.3, -0.25) is 0 Å². The lowest BCUT2D eigenvalue weighted by Crippen LogP contribution is -2.27. The Morgan fingerprint density at radius 3 is 2.78 bits per heavy atom. The number of benzene rings is 1. The summed E-state index contributed by atoms with van der Waals surface area (Å²) < 4.78 is 0. The molecular formula is C15H19N3. The van der Waals surface area contributed by atoms with Crippen molar-refractivity contribution in [1.29, 1.82) is 0 Å². The van der Waals surface area contributed by atoms with Gasteiger partial charge in [0.25, 0.3) is 0 Å². The molecule has 1 aliphatic rings. The molecule has 1 heterocycles. The van der Waals surface area contributed by atoms with Crippen molar-refractivity contribution in [2.75, 3.05) is 0 Å². The van der Waals surface area contributed by atoms with Gasteiger partial charge < -0.3 is 10.7 Å². The minimum Gasteiger partial charge on any atom is -0.342 e. The summed E-state index contributed by atoms with van der Waals surface area (Å²) in [6.07, 6.45) is 6.57. The average molecular weight is 241 g/mol. The SMILES string of the molecule is N[C@@H]1CCC[C@H](c2ncc(-c3ccccc3)[nH]2)C1. The van der Waals surface area contributed by atoms with E-state index in [1.165, 1.54) is 18.4 Å². The summed E-state index contributed by atoms with van der Waals surface area (Å²) in [6, 6.07) is 10.7. The van der Waals surface area contributed by atoms with Crippen LogP contribution in [-0.2, 0) is 0 Å². The summed E-state index contributed by atoms with van der Waals surface area (Å²) in [5.41, 5.74) is 8.33. The zero-order valence-electron chi connectivity index (χ0n) is 10.5. The van der Waals surface area contributed by atoms with E-state index < -0.39 is 0 Å². The smallest absolute Gasteiger partial charge is 0.109 e. The molecule has 2 aromatic rings. The van der Waals surface area contributed by atoms with E-state index in [1.54, 1.807) is 0 Å². The van der Waals surface area contributed by atoms with Crippen LogP contribution in [0.4, 0.5) is 0 Å². The Morgan fingerprint density at radius 1 is 1.17 bits per heavy atom. The molecule has 0 saturated heterocycles. The van der Waals surface area contributed by atoms with Crippen molar-refractivity contribution in [3.63, 3.8) is 0 Å². The maximum absolute atomic E-state index is 6.04. The molecule has 0 unspecified atom stereocenters. The van der Waals surface area contributed by atoms with Gasteiger partial charge in [-0.2, -0.15) is 0 Å². The number of nitrogens with zero attached hydrogens (tertiary/aromatic N) is 1. The lowest BCUT2D eigenvalue weighted by Gasteiger charge is -2.24. The zero-order chi connectivity index (χ0) is 12.4. The molecule has 3 heteroatoms. The quantitative estimate of drug-likeness (QED) is 0.849. The average Bonchev–Trinajstić information content (AvgIpc) is 2.89. The monoisotopic (exact) mass is 241 g/mol. The fourth-order valence-corrected chi connectivity index (χ4v) is 2.78. The standard InChI is InChI=1S/C15H19N3/c16-13-8-4-7-12(9-13)15-17-10-14(18-15)11-5-2-1-3-6-11/h1-3,5-6,10,12-13H,4,7-9,16H2,(H,17,18)/t12-,13+/m0/s1. The third-order valence-corrected chi connectivity index (χ3v) is 3.78. The second-order valence-electron chi connectivity index (χ2n) is 5.17. The van der Waals surface area contributed by atoms with Crippen LogP contribution < -0.4 is 5.73 Å². The first kappa shape index (κ1) is 11.5. The van der Waals surface area contributed by atoms with E-state index in [-0.39, 0.29) is 0 Å². The normalized spacial score (nSPS) is 24.1. The summed E-state index contributed by atoms with van der Waals surface area (Å²) in [7, 11) is 0. The maximum atomic E-state index is 6.04. The van der Waals surface area contributed by atoms with E-state index in [1.807, 2.05) is 24.4 Å². The Balaban J connectivity index is 1.81. The highest BCUT2D eigenvalue weighted by Gasteiger charge is 2.22.